The first-order chi connectivity index (χ1) is 15.8. The number of ketones is 1. The van der Waals surface area contributed by atoms with E-state index in [0.29, 0.717) is 18.6 Å². The molecule has 0 amide bonds. The molecule has 1 nitrogen and oxygen atoms in total. The fraction of sp³-hybridized carbons (Fsp3) is 0.452. The molecule has 0 aliphatic rings. The smallest absolute Gasteiger partial charge is 0.133 e. The first-order valence-corrected chi connectivity index (χ1v) is 12.5. The SMILES string of the molecule is CCC=CCC=CCC=CCC=CCCC(=O)CCC=CCC=CCC=CCC=CCC. The average molecular weight is 435 g/mol. The van der Waals surface area contributed by atoms with Crippen molar-refractivity contribution in [1.82, 2.24) is 0 Å². The summed E-state index contributed by atoms with van der Waals surface area (Å²) in [6.45, 7) is 4.30. The van der Waals surface area contributed by atoms with Crippen LogP contribution in [0.5, 0.6) is 0 Å². The number of carbonyl (C=O) groups is 1. The molecule has 0 saturated carbocycles. The molecule has 32 heavy (non-hydrogen) atoms. The van der Waals surface area contributed by atoms with Crippen molar-refractivity contribution >= 4 is 5.78 Å². The molecule has 0 atom stereocenters. The minimum atomic E-state index is 0.356. The Bertz CT molecular complexity index is 594. The summed E-state index contributed by atoms with van der Waals surface area (Å²) in [6, 6.07) is 0. The van der Waals surface area contributed by atoms with Crippen LogP contribution >= 0.6 is 0 Å². The fourth-order valence-electron chi connectivity index (χ4n) is 2.81. The van der Waals surface area contributed by atoms with E-state index in [1.807, 2.05) is 0 Å². The van der Waals surface area contributed by atoms with Crippen molar-refractivity contribution in [1.29, 1.82) is 0 Å². The molecule has 0 aromatic rings. The zero-order valence-electron chi connectivity index (χ0n) is 20.6. The standard InChI is InChI=1S/C31H46O/c1-3-5-7-9-11-13-15-17-19-21-23-25-27-29-31(32)30-28-26-24-22-20-18-16-14-12-10-8-6-4-2/h5-8,11-14,17-20,23-26H,3-4,9-10,15-16,21-22,27-30H2,1-2H3. The van der Waals surface area contributed by atoms with Gasteiger partial charge in [0.2, 0.25) is 0 Å². The van der Waals surface area contributed by atoms with Crippen LogP contribution in [0.25, 0.3) is 0 Å². The zero-order chi connectivity index (χ0) is 23.4. The van der Waals surface area contributed by atoms with E-state index in [-0.39, 0.29) is 0 Å². The third-order valence-electron chi connectivity index (χ3n) is 4.62. The first-order valence-electron chi connectivity index (χ1n) is 12.5. The van der Waals surface area contributed by atoms with Gasteiger partial charge in [0.1, 0.15) is 5.78 Å². The van der Waals surface area contributed by atoms with Crippen LogP contribution in [0.4, 0.5) is 0 Å². The number of hydrogen-bond donors (Lipinski definition) is 0. The van der Waals surface area contributed by atoms with Crippen molar-refractivity contribution in [2.45, 2.75) is 90.9 Å². The van der Waals surface area contributed by atoms with Crippen LogP contribution in [-0.4, -0.2) is 5.78 Å². The van der Waals surface area contributed by atoms with Gasteiger partial charge in [-0.3, -0.25) is 4.79 Å². The number of allylic oxidation sites excluding steroid dienone is 16. The summed E-state index contributed by atoms with van der Waals surface area (Å²) in [5.41, 5.74) is 0. The molecule has 0 rings (SSSR count). The molecule has 0 spiro atoms. The first kappa shape index (κ1) is 29.6. The van der Waals surface area contributed by atoms with Crippen molar-refractivity contribution in [2.75, 3.05) is 0 Å². The summed E-state index contributed by atoms with van der Waals surface area (Å²) in [5.74, 6) is 0.356. The molecular weight excluding hydrogens is 388 g/mol. The summed E-state index contributed by atoms with van der Waals surface area (Å²) >= 11 is 0. The second-order valence-electron chi connectivity index (χ2n) is 7.62. The topological polar surface area (TPSA) is 17.1 Å². The summed E-state index contributed by atoms with van der Waals surface area (Å²) in [7, 11) is 0. The van der Waals surface area contributed by atoms with E-state index in [9.17, 15) is 4.79 Å². The van der Waals surface area contributed by atoms with Crippen LogP contribution in [0, 0.1) is 0 Å². The molecule has 0 heterocycles. The minimum Gasteiger partial charge on any atom is -0.300 e. The lowest BCUT2D eigenvalue weighted by atomic mass is 10.1. The van der Waals surface area contributed by atoms with Gasteiger partial charge in [0, 0.05) is 12.8 Å². The number of Topliss-reactive ketones (excluding diaryl/α,β-unsaturated/α-hetero) is 1. The highest BCUT2D eigenvalue weighted by atomic mass is 16.1. The van der Waals surface area contributed by atoms with E-state index in [1.54, 1.807) is 0 Å². The Hall–Kier alpha value is -2.41. The van der Waals surface area contributed by atoms with Gasteiger partial charge in [0.15, 0.2) is 0 Å². The van der Waals surface area contributed by atoms with Crippen LogP contribution in [0.2, 0.25) is 0 Å². The molecule has 0 N–H and O–H groups in total. The van der Waals surface area contributed by atoms with Crippen LogP contribution in [0.1, 0.15) is 90.9 Å². The summed E-state index contributed by atoms with van der Waals surface area (Å²) in [6.07, 6.45) is 46.1. The van der Waals surface area contributed by atoms with Gasteiger partial charge < -0.3 is 0 Å². The maximum atomic E-state index is 11.9. The Balaban J connectivity index is 3.60. The van der Waals surface area contributed by atoms with E-state index < -0.39 is 0 Å². The predicted molar refractivity (Wildman–Crippen MR) is 145 cm³/mol. The van der Waals surface area contributed by atoms with Crippen LogP contribution < -0.4 is 0 Å². The van der Waals surface area contributed by atoms with Gasteiger partial charge in [-0.1, -0.05) is 111 Å². The Morgan fingerprint density at radius 2 is 0.656 bits per heavy atom. The minimum absolute atomic E-state index is 0.356. The molecule has 0 aromatic carbocycles. The van der Waals surface area contributed by atoms with Gasteiger partial charge >= 0.3 is 0 Å². The monoisotopic (exact) mass is 434 g/mol. The molecular formula is C31H46O. The molecule has 0 saturated heterocycles. The van der Waals surface area contributed by atoms with Crippen molar-refractivity contribution in [3.63, 3.8) is 0 Å². The lowest BCUT2D eigenvalue weighted by molar-refractivity contribution is -0.118. The van der Waals surface area contributed by atoms with Gasteiger partial charge in [-0.15, -0.1) is 0 Å². The van der Waals surface area contributed by atoms with Crippen molar-refractivity contribution < 1.29 is 4.79 Å². The molecule has 0 unspecified atom stereocenters. The van der Waals surface area contributed by atoms with Crippen molar-refractivity contribution in [3.05, 3.63) is 97.2 Å². The molecule has 0 aromatic heterocycles. The zero-order valence-corrected chi connectivity index (χ0v) is 20.6. The fourth-order valence-corrected chi connectivity index (χ4v) is 2.81. The van der Waals surface area contributed by atoms with Crippen LogP contribution in [0.3, 0.4) is 0 Å². The summed E-state index contributed by atoms with van der Waals surface area (Å²) in [4.78, 5) is 11.9. The highest BCUT2D eigenvalue weighted by molar-refractivity contribution is 5.78. The number of rotatable bonds is 20. The summed E-state index contributed by atoms with van der Waals surface area (Å²) in [5, 5.41) is 0. The third kappa shape index (κ3) is 25.6. The Morgan fingerprint density at radius 3 is 0.938 bits per heavy atom. The van der Waals surface area contributed by atoms with Crippen LogP contribution in [0.15, 0.2) is 97.2 Å². The maximum Gasteiger partial charge on any atom is 0.133 e. The number of carbonyl (C=O) groups excluding carboxylic acids is 1. The Kier molecular flexibility index (Phi) is 24.6. The molecule has 0 aliphatic carbocycles. The second-order valence-corrected chi connectivity index (χ2v) is 7.62. The molecule has 0 fully saturated rings. The second kappa shape index (κ2) is 26.6. The largest absolute Gasteiger partial charge is 0.300 e. The average Bonchev–Trinajstić information content (AvgIpc) is 2.80. The maximum absolute atomic E-state index is 11.9. The van der Waals surface area contributed by atoms with Crippen molar-refractivity contribution in [2.24, 2.45) is 0 Å². The van der Waals surface area contributed by atoms with Gasteiger partial charge in [0.05, 0.1) is 0 Å². The molecule has 1 heteroatoms. The normalized spacial score (nSPS) is 13.3. The van der Waals surface area contributed by atoms with Gasteiger partial charge in [0.25, 0.3) is 0 Å². The third-order valence-corrected chi connectivity index (χ3v) is 4.62. The molecule has 0 aliphatic heterocycles. The van der Waals surface area contributed by atoms with Gasteiger partial charge in [-0.05, 0) is 64.2 Å². The highest BCUT2D eigenvalue weighted by Gasteiger charge is 1.97. The van der Waals surface area contributed by atoms with E-state index in [0.717, 1.165) is 64.2 Å². The van der Waals surface area contributed by atoms with Crippen molar-refractivity contribution in [3.8, 4) is 0 Å². The quantitative estimate of drug-likeness (QED) is 0.174. The Labute approximate surface area is 198 Å². The Morgan fingerprint density at radius 1 is 0.406 bits per heavy atom. The molecule has 0 radical (unpaired) electrons. The lowest BCUT2D eigenvalue weighted by Crippen LogP contribution is -1.95. The van der Waals surface area contributed by atoms with E-state index >= 15 is 0 Å². The van der Waals surface area contributed by atoms with Gasteiger partial charge in [-0.2, -0.15) is 0 Å². The highest BCUT2D eigenvalue weighted by Crippen LogP contribution is 2.03. The van der Waals surface area contributed by atoms with E-state index in [2.05, 4.69) is 111 Å². The molecule has 0 bridgehead atoms. The predicted octanol–water partition coefficient (Wildman–Crippen LogP) is 9.73. The lowest BCUT2D eigenvalue weighted by Gasteiger charge is -1.95. The number of hydrogen-bond acceptors (Lipinski definition) is 1. The summed E-state index contributed by atoms with van der Waals surface area (Å²) < 4.78 is 0. The molecule has 176 valence electrons. The van der Waals surface area contributed by atoms with E-state index in [4.69, 9.17) is 0 Å². The van der Waals surface area contributed by atoms with Crippen LogP contribution in [-0.2, 0) is 4.79 Å². The van der Waals surface area contributed by atoms with Gasteiger partial charge in [-0.25, -0.2) is 0 Å². The van der Waals surface area contributed by atoms with E-state index in [1.165, 1.54) is 0 Å².